The van der Waals surface area contributed by atoms with Gasteiger partial charge in [-0.05, 0) is 31.9 Å². The topological polar surface area (TPSA) is 71.3 Å². The van der Waals surface area contributed by atoms with Crippen LogP contribution < -0.4 is 4.90 Å². The minimum absolute atomic E-state index is 0.000858. The minimum atomic E-state index is -0.321. The van der Waals surface area contributed by atoms with Crippen molar-refractivity contribution in [2.75, 3.05) is 25.0 Å². The molecule has 2 amide bonds. The van der Waals surface area contributed by atoms with E-state index in [-0.39, 0.29) is 17.4 Å². The normalized spacial score (nSPS) is 19.2. The molecule has 0 N–H and O–H groups in total. The molecule has 7 nitrogen and oxygen atoms in total. The molecule has 2 aliphatic heterocycles. The van der Waals surface area contributed by atoms with Crippen LogP contribution in [-0.2, 0) is 10.3 Å². The number of rotatable bonds is 1. The zero-order chi connectivity index (χ0) is 17.6. The lowest BCUT2D eigenvalue weighted by atomic mass is 9.82. The Kier molecular flexibility index (Phi) is 3.59. The van der Waals surface area contributed by atoms with Crippen LogP contribution in [0.1, 0.15) is 35.3 Å². The highest BCUT2D eigenvalue weighted by atomic mass is 16.2. The van der Waals surface area contributed by atoms with Crippen molar-refractivity contribution in [1.29, 1.82) is 0 Å². The van der Waals surface area contributed by atoms with E-state index in [0.29, 0.717) is 25.1 Å². The summed E-state index contributed by atoms with van der Waals surface area (Å²) in [4.78, 5) is 32.6. The molecule has 0 saturated carbocycles. The molecule has 4 heterocycles. The second-order valence-electron chi connectivity index (χ2n) is 6.94. The first-order valence-corrected chi connectivity index (χ1v) is 8.53. The van der Waals surface area contributed by atoms with Crippen molar-refractivity contribution in [1.82, 2.24) is 19.7 Å². The van der Waals surface area contributed by atoms with Crippen LogP contribution >= 0.6 is 0 Å². The molecule has 0 radical (unpaired) electrons. The molecular formula is C18H21N5O2. The maximum absolute atomic E-state index is 12.6. The van der Waals surface area contributed by atoms with Gasteiger partial charge in [-0.1, -0.05) is 0 Å². The fourth-order valence-electron chi connectivity index (χ4n) is 3.86. The molecule has 4 rings (SSSR count). The zero-order valence-corrected chi connectivity index (χ0v) is 14.5. The van der Waals surface area contributed by atoms with E-state index in [9.17, 15) is 9.59 Å². The number of piperidine rings is 1. The van der Waals surface area contributed by atoms with Gasteiger partial charge in [0.05, 0.1) is 23.2 Å². The first-order valence-electron chi connectivity index (χ1n) is 8.53. The molecule has 0 aliphatic carbocycles. The molecule has 1 spiro atoms. The van der Waals surface area contributed by atoms with Gasteiger partial charge >= 0.3 is 0 Å². The fraction of sp³-hybridized carbons (Fsp3) is 0.444. The van der Waals surface area contributed by atoms with E-state index in [4.69, 9.17) is 0 Å². The van der Waals surface area contributed by atoms with Crippen LogP contribution in [-0.4, -0.2) is 51.6 Å². The summed E-state index contributed by atoms with van der Waals surface area (Å²) in [6.45, 7) is 3.17. The monoisotopic (exact) mass is 339 g/mol. The summed E-state index contributed by atoms with van der Waals surface area (Å²) in [5.41, 5.74) is 1.19. The average molecular weight is 339 g/mol. The molecule has 25 heavy (non-hydrogen) atoms. The van der Waals surface area contributed by atoms with Crippen molar-refractivity contribution in [3.63, 3.8) is 0 Å². The predicted octanol–water partition coefficient (Wildman–Crippen LogP) is 1.58. The van der Waals surface area contributed by atoms with E-state index in [0.717, 1.165) is 24.4 Å². The second kappa shape index (κ2) is 5.68. The summed E-state index contributed by atoms with van der Waals surface area (Å²) in [6.07, 6.45) is 5.15. The summed E-state index contributed by atoms with van der Waals surface area (Å²) in [5, 5.41) is 4.65. The molecule has 0 aromatic carbocycles. The fourth-order valence-corrected chi connectivity index (χ4v) is 3.86. The number of anilines is 1. The van der Waals surface area contributed by atoms with Gasteiger partial charge in [0.2, 0.25) is 5.91 Å². The van der Waals surface area contributed by atoms with Crippen molar-refractivity contribution in [3.8, 4) is 0 Å². The molecule has 0 bridgehead atoms. The van der Waals surface area contributed by atoms with Crippen LogP contribution in [0.5, 0.6) is 0 Å². The smallest absolute Gasteiger partial charge is 0.255 e. The molecule has 0 atom stereocenters. The number of carbonyl (C=O) groups is 2. The van der Waals surface area contributed by atoms with Gasteiger partial charge in [-0.3, -0.25) is 14.6 Å². The molecule has 130 valence electrons. The zero-order valence-electron chi connectivity index (χ0n) is 14.5. The van der Waals surface area contributed by atoms with Crippen molar-refractivity contribution >= 4 is 17.6 Å². The highest BCUT2D eigenvalue weighted by Crippen LogP contribution is 2.41. The van der Waals surface area contributed by atoms with Crippen LogP contribution in [0.4, 0.5) is 5.82 Å². The van der Waals surface area contributed by atoms with Crippen molar-refractivity contribution in [2.45, 2.75) is 31.7 Å². The number of pyridine rings is 1. The highest BCUT2D eigenvalue weighted by molar-refractivity contribution is 5.95. The van der Waals surface area contributed by atoms with Crippen LogP contribution in [0, 0.1) is 6.92 Å². The Balaban J connectivity index is 1.58. The third-order valence-corrected chi connectivity index (χ3v) is 5.35. The molecule has 1 fully saturated rings. The summed E-state index contributed by atoms with van der Waals surface area (Å²) in [5.74, 6) is 0.958. The average Bonchev–Trinajstić information content (AvgIpc) is 3.04. The molecule has 1 saturated heterocycles. The molecule has 2 aromatic rings. The predicted molar refractivity (Wildman–Crippen MR) is 92.3 cm³/mol. The Morgan fingerprint density at radius 3 is 2.72 bits per heavy atom. The summed E-state index contributed by atoms with van der Waals surface area (Å²) >= 11 is 0. The van der Waals surface area contributed by atoms with Crippen molar-refractivity contribution in [2.24, 2.45) is 0 Å². The third-order valence-electron chi connectivity index (χ3n) is 5.35. The van der Waals surface area contributed by atoms with E-state index in [2.05, 4.69) is 10.1 Å². The van der Waals surface area contributed by atoms with Gasteiger partial charge in [0.15, 0.2) is 0 Å². The van der Waals surface area contributed by atoms with Crippen LogP contribution in [0.2, 0.25) is 0 Å². The minimum Gasteiger partial charge on any atom is -0.338 e. The Morgan fingerprint density at radius 1 is 1.28 bits per heavy atom. The van der Waals surface area contributed by atoms with E-state index >= 15 is 0 Å². The summed E-state index contributed by atoms with van der Waals surface area (Å²) in [7, 11) is 1.79. The Morgan fingerprint density at radius 2 is 2.04 bits per heavy atom. The largest absolute Gasteiger partial charge is 0.338 e. The Labute approximate surface area is 146 Å². The van der Waals surface area contributed by atoms with Gasteiger partial charge in [-0.2, -0.15) is 5.10 Å². The number of hydrogen-bond donors (Lipinski definition) is 0. The highest BCUT2D eigenvalue weighted by Gasteiger charge is 2.45. The maximum Gasteiger partial charge on any atom is 0.255 e. The maximum atomic E-state index is 12.6. The van der Waals surface area contributed by atoms with Gasteiger partial charge in [-0.15, -0.1) is 0 Å². The molecule has 7 heteroatoms. The van der Waals surface area contributed by atoms with Crippen LogP contribution in [0.25, 0.3) is 0 Å². The van der Waals surface area contributed by atoms with Crippen molar-refractivity contribution in [3.05, 3.63) is 41.9 Å². The van der Waals surface area contributed by atoms with Gasteiger partial charge in [0, 0.05) is 38.6 Å². The number of aryl methyl sites for hydroxylation is 1. The lowest BCUT2D eigenvalue weighted by molar-refractivity contribution is -0.122. The number of likely N-dealkylation sites (tertiary alicyclic amines) is 1. The van der Waals surface area contributed by atoms with Crippen LogP contribution in [0.3, 0.4) is 0 Å². The van der Waals surface area contributed by atoms with E-state index in [1.54, 1.807) is 36.5 Å². The molecule has 2 aliphatic rings. The van der Waals surface area contributed by atoms with E-state index in [1.165, 1.54) is 0 Å². The number of nitrogens with zero attached hydrogens (tertiary/aromatic N) is 5. The Bertz CT molecular complexity index is 821. The number of fused-ring (bicyclic) bond motifs is 2. The van der Waals surface area contributed by atoms with Gasteiger partial charge in [0.1, 0.15) is 5.82 Å². The third kappa shape index (κ3) is 2.50. The summed E-state index contributed by atoms with van der Waals surface area (Å²) in [6, 6.07) is 5.51. The first-order chi connectivity index (χ1) is 12.0. The molecule has 2 aromatic heterocycles. The number of carbonyl (C=O) groups excluding carboxylic acids is 2. The molecular weight excluding hydrogens is 318 g/mol. The van der Waals surface area contributed by atoms with Crippen molar-refractivity contribution < 1.29 is 9.59 Å². The van der Waals surface area contributed by atoms with E-state index < -0.39 is 0 Å². The van der Waals surface area contributed by atoms with Crippen LogP contribution in [0.15, 0.2) is 30.6 Å². The number of hydrogen-bond acceptors (Lipinski definition) is 4. The second-order valence-corrected chi connectivity index (χ2v) is 6.94. The molecule has 0 unspecified atom stereocenters. The van der Waals surface area contributed by atoms with Gasteiger partial charge in [0.25, 0.3) is 5.91 Å². The SMILES string of the molecule is Cc1cc2n(n1)C1(CCN(C(=O)c3cccnc3)CC1)CC(=O)N2C. The number of amides is 2. The van der Waals surface area contributed by atoms with Gasteiger partial charge < -0.3 is 9.80 Å². The van der Waals surface area contributed by atoms with E-state index in [1.807, 2.05) is 22.6 Å². The lowest BCUT2D eigenvalue weighted by Gasteiger charge is -2.46. The lowest BCUT2D eigenvalue weighted by Crippen LogP contribution is -2.54. The van der Waals surface area contributed by atoms with Gasteiger partial charge in [-0.25, -0.2) is 4.68 Å². The standard InChI is InChI=1S/C18H21N5O2/c1-13-10-15-21(2)16(24)11-18(23(15)20-13)5-8-22(9-6-18)17(25)14-4-3-7-19-12-14/h3-4,7,10,12H,5-6,8-9,11H2,1-2H3. The summed E-state index contributed by atoms with van der Waals surface area (Å²) < 4.78 is 2.01. The first kappa shape index (κ1) is 15.8. The quantitative estimate of drug-likeness (QED) is 0.791. The Hall–Kier alpha value is -2.70. The number of aromatic nitrogens is 3.